The van der Waals surface area contributed by atoms with Crippen LogP contribution < -0.4 is 4.74 Å². The first-order valence-electron chi connectivity index (χ1n) is 10.2. The van der Waals surface area contributed by atoms with Gasteiger partial charge in [0.25, 0.3) is 0 Å². The molecule has 3 aromatic carbocycles. The van der Waals surface area contributed by atoms with Gasteiger partial charge in [0, 0.05) is 31.5 Å². The third kappa shape index (κ3) is 3.56. The summed E-state index contributed by atoms with van der Waals surface area (Å²) >= 11 is 6.11. The number of hydrogen-bond donors (Lipinski definition) is 0. The Balaban J connectivity index is 1.31. The Morgan fingerprint density at radius 1 is 0.906 bits per heavy atom. The van der Waals surface area contributed by atoms with Gasteiger partial charge in [-0.15, -0.1) is 0 Å². The van der Waals surface area contributed by atoms with E-state index in [4.69, 9.17) is 21.1 Å². The van der Waals surface area contributed by atoms with E-state index in [1.165, 1.54) is 16.4 Å². The van der Waals surface area contributed by atoms with E-state index in [9.17, 15) is 13.2 Å². The predicted octanol–water partition coefficient (Wildman–Crippen LogP) is 4.98. The largest absolute Gasteiger partial charge is 0.456 e. The number of para-hydroxylation sites is 1. The molecule has 1 saturated heterocycles. The quantitative estimate of drug-likeness (QED) is 0.504. The molecular formula is C24H20ClNO5S. The Labute approximate surface area is 191 Å². The number of carbonyl (C=O) groups is 1. The highest BCUT2D eigenvalue weighted by Crippen LogP contribution is 2.44. The number of benzene rings is 3. The van der Waals surface area contributed by atoms with E-state index in [1.807, 2.05) is 18.2 Å². The first-order chi connectivity index (χ1) is 15.4. The lowest BCUT2D eigenvalue weighted by Gasteiger charge is -2.37. The van der Waals surface area contributed by atoms with Crippen LogP contribution >= 0.6 is 11.6 Å². The first kappa shape index (κ1) is 21.0. The minimum Gasteiger partial charge on any atom is -0.456 e. The molecule has 2 aliphatic heterocycles. The molecule has 5 rings (SSSR count). The van der Waals surface area contributed by atoms with Crippen LogP contribution in [0.15, 0.2) is 77.7 Å². The normalized spacial score (nSPS) is 17.7. The SMILES string of the molecule is O=C1OC2(CCN(S(=O)(=O)c3ccc(Oc4ccccc4Cl)cc3)CC2)c2ccccc21. The summed E-state index contributed by atoms with van der Waals surface area (Å²) < 4.78 is 39.3. The van der Waals surface area contributed by atoms with Gasteiger partial charge in [-0.05, 0) is 42.5 Å². The van der Waals surface area contributed by atoms with Gasteiger partial charge in [-0.2, -0.15) is 4.31 Å². The number of esters is 1. The number of nitrogens with zero attached hydrogens (tertiary/aromatic N) is 1. The van der Waals surface area contributed by atoms with Crippen LogP contribution in [0.5, 0.6) is 11.5 Å². The molecule has 6 nitrogen and oxygen atoms in total. The average molecular weight is 470 g/mol. The van der Waals surface area contributed by atoms with E-state index in [-0.39, 0.29) is 24.0 Å². The standard InChI is InChI=1S/C24H20ClNO5S/c25-21-7-3-4-8-22(21)30-17-9-11-18(12-10-17)32(28,29)26-15-13-24(14-16-26)20-6-2-1-5-19(20)23(27)31-24/h1-12H,13-16H2. The van der Waals surface area contributed by atoms with Gasteiger partial charge in [-0.3, -0.25) is 0 Å². The Morgan fingerprint density at radius 3 is 2.28 bits per heavy atom. The summed E-state index contributed by atoms with van der Waals surface area (Å²) in [4.78, 5) is 12.4. The molecule has 0 saturated carbocycles. The second kappa shape index (κ2) is 7.92. The van der Waals surface area contributed by atoms with Gasteiger partial charge in [0.2, 0.25) is 10.0 Å². The number of ether oxygens (including phenoxy) is 2. The Hall–Kier alpha value is -2.87. The van der Waals surface area contributed by atoms with E-state index in [0.29, 0.717) is 34.9 Å². The fourth-order valence-electron chi connectivity index (χ4n) is 4.29. The van der Waals surface area contributed by atoms with Crippen LogP contribution in [-0.4, -0.2) is 31.8 Å². The highest BCUT2D eigenvalue weighted by Gasteiger charge is 2.48. The molecule has 2 heterocycles. The summed E-state index contributed by atoms with van der Waals surface area (Å²) in [5.41, 5.74) is 0.674. The van der Waals surface area contributed by atoms with Crippen molar-refractivity contribution in [3.63, 3.8) is 0 Å². The summed E-state index contributed by atoms with van der Waals surface area (Å²) in [5.74, 6) is 0.646. The third-order valence-electron chi connectivity index (χ3n) is 5.98. The fourth-order valence-corrected chi connectivity index (χ4v) is 5.90. The zero-order chi connectivity index (χ0) is 22.3. The van der Waals surface area contributed by atoms with Crippen molar-refractivity contribution in [2.24, 2.45) is 0 Å². The number of halogens is 1. The number of piperidine rings is 1. The summed E-state index contributed by atoms with van der Waals surface area (Å²) in [5, 5.41) is 0.473. The molecule has 0 bridgehead atoms. The lowest BCUT2D eigenvalue weighted by molar-refractivity contribution is -0.0329. The maximum atomic E-state index is 13.2. The zero-order valence-electron chi connectivity index (χ0n) is 17.0. The van der Waals surface area contributed by atoms with Gasteiger partial charge in [0.05, 0.1) is 15.5 Å². The molecule has 1 spiro atoms. The van der Waals surface area contributed by atoms with Gasteiger partial charge in [-0.25, -0.2) is 13.2 Å². The van der Waals surface area contributed by atoms with Gasteiger partial charge in [0.1, 0.15) is 17.1 Å². The molecule has 0 unspecified atom stereocenters. The molecule has 0 N–H and O–H groups in total. The van der Waals surface area contributed by atoms with Crippen molar-refractivity contribution in [1.82, 2.24) is 4.31 Å². The topological polar surface area (TPSA) is 72.9 Å². The second-order valence-corrected chi connectivity index (χ2v) is 10.2. The van der Waals surface area contributed by atoms with Crippen molar-refractivity contribution in [2.75, 3.05) is 13.1 Å². The minimum atomic E-state index is -3.69. The van der Waals surface area contributed by atoms with Crippen LogP contribution in [0.3, 0.4) is 0 Å². The monoisotopic (exact) mass is 469 g/mol. The van der Waals surface area contributed by atoms with Crippen molar-refractivity contribution < 1.29 is 22.7 Å². The molecule has 32 heavy (non-hydrogen) atoms. The number of carbonyl (C=O) groups excluding carboxylic acids is 1. The number of sulfonamides is 1. The molecule has 0 aliphatic carbocycles. The molecule has 0 aromatic heterocycles. The number of rotatable bonds is 4. The molecule has 1 fully saturated rings. The maximum absolute atomic E-state index is 13.2. The molecule has 3 aromatic rings. The van der Waals surface area contributed by atoms with Crippen LogP contribution in [-0.2, 0) is 20.4 Å². The van der Waals surface area contributed by atoms with Crippen LogP contribution in [0.4, 0.5) is 0 Å². The van der Waals surface area contributed by atoms with E-state index in [1.54, 1.807) is 42.5 Å². The molecule has 2 aliphatic rings. The Bertz CT molecular complexity index is 1280. The predicted molar refractivity (Wildman–Crippen MR) is 119 cm³/mol. The van der Waals surface area contributed by atoms with Crippen molar-refractivity contribution in [3.8, 4) is 11.5 Å². The van der Waals surface area contributed by atoms with Gasteiger partial charge in [0.15, 0.2) is 0 Å². The van der Waals surface area contributed by atoms with Crippen molar-refractivity contribution >= 4 is 27.6 Å². The van der Waals surface area contributed by atoms with Crippen molar-refractivity contribution in [3.05, 3.63) is 88.9 Å². The minimum absolute atomic E-state index is 0.184. The van der Waals surface area contributed by atoms with Gasteiger partial charge < -0.3 is 9.47 Å². The van der Waals surface area contributed by atoms with Crippen molar-refractivity contribution in [1.29, 1.82) is 0 Å². The first-order valence-corrected chi connectivity index (χ1v) is 12.1. The summed E-state index contributed by atoms with van der Waals surface area (Å²) in [7, 11) is -3.69. The molecule has 0 radical (unpaired) electrons. The van der Waals surface area contributed by atoms with Gasteiger partial charge >= 0.3 is 5.97 Å². The summed E-state index contributed by atoms with van der Waals surface area (Å²) in [6, 6.07) is 20.7. The second-order valence-electron chi connectivity index (χ2n) is 7.84. The Morgan fingerprint density at radius 2 is 1.56 bits per heavy atom. The van der Waals surface area contributed by atoms with Crippen LogP contribution in [0, 0.1) is 0 Å². The lowest BCUT2D eigenvalue weighted by Crippen LogP contribution is -2.45. The Kier molecular flexibility index (Phi) is 5.20. The average Bonchev–Trinajstić information content (AvgIpc) is 3.07. The summed E-state index contributed by atoms with van der Waals surface area (Å²) in [6.07, 6.45) is 0.839. The smallest absolute Gasteiger partial charge is 0.339 e. The van der Waals surface area contributed by atoms with Crippen molar-refractivity contribution in [2.45, 2.75) is 23.3 Å². The number of fused-ring (bicyclic) bond motifs is 2. The molecule has 0 amide bonds. The molecule has 164 valence electrons. The highest BCUT2D eigenvalue weighted by atomic mass is 35.5. The zero-order valence-corrected chi connectivity index (χ0v) is 18.6. The van der Waals surface area contributed by atoms with Gasteiger partial charge in [-0.1, -0.05) is 41.9 Å². The molecule has 0 atom stereocenters. The molecule has 8 heteroatoms. The highest BCUT2D eigenvalue weighted by molar-refractivity contribution is 7.89. The lowest BCUT2D eigenvalue weighted by atomic mass is 9.84. The van der Waals surface area contributed by atoms with Crippen LogP contribution in [0.25, 0.3) is 0 Å². The third-order valence-corrected chi connectivity index (χ3v) is 8.21. The molecular weight excluding hydrogens is 450 g/mol. The fraction of sp³-hybridized carbons (Fsp3) is 0.208. The van der Waals surface area contributed by atoms with E-state index in [0.717, 1.165) is 5.56 Å². The summed E-state index contributed by atoms with van der Waals surface area (Å²) in [6.45, 7) is 0.531. The van der Waals surface area contributed by atoms with Crippen LogP contribution in [0.1, 0.15) is 28.8 Å². The van der Waals surface area contributed by atoms with E-state index < -0.39 is 15.6 Å². The maximum Gasteiger partial charge on any atom is 0.339 e. The number of hydrogen-bond acceptors (Lipinski definition) is 5. The van der Waals surface area contributed by atoms with E-state index >= 15 is 0 Å². The van der Waals surface area contributed by atoms with E-state index in [2.05, 4.69) is 0 Å². The van der Waals surface area contributed by atoms with Crippen LogP contribution in [0.2, 0.25) is 5.02 Å².